The Morgan fingerprint density at radius 3 is 2.12 bits per heavy atom. The summed E-state index contributed by atoms with van der Waals surface area (Å²) < 4.78 is 0. The Hall–Kier alpha value is -3.65. The number of hydrogen-bond donors (Lipinski definition) is 3. The molecule has 0 bridgehead atoms. The minimum absolute atomic E-state index is 0.437. The first-order valence-electron chi connectivity index (χ1n) is 11.6. The fourth-order valence-electron chi connectivity index (χ4n) is 3.83. The van der Waals surface area contributed by atoms with Crippen LogP contribution in [0.15, 0.2) is 91.5 Å². The van der Waals surface area contributed by atoms with Crippen LogP contribution in [0.1, 0.15) is 50.7 Å². The van der Waals surface area contributed by atoms with Gasteiger partial charge in [0.1, 0.15) is 5.82 Å². The van der Waals surface area contributed by atoms with Crippen LogP contribution in [-0.4, -0.2) is 31.1 Å². The quantitative estimate of drug-likeness (QED) is 0.420. The van der Waals surface area contributed by atoms with Gasteiger partial charge in [-0.25, -0.2) is 0 Å². The van der Waals surface area contributed by atoms with E-state index in [0.717, 1.165) is 53.8 Å². The van der Waals surface area contributed by atoms with Crippen molar-refractivity contribution in [3.05, 3.63) is 103 Å². The number of nitrogens with one attached hydrogen (secondary N) is 2. The van der Waals surface area contributed by atoms with Crippen molar-refractivity contribution < 1.29 is 0 Å². The zero-order valence-electron chi connectivity index (χ0n) is 21.3. The van der Waals surface area contributed by atoms with Crippen molar-refractivity contribution in [1.29, 1.82) is 5.26 Å². The second-order valence-corrected chi connectivity index (χ2v) is 8.68. The fourth-order valence-corrected chi connectivity index (χ4v) is 3.83. The number of hydrogen-bond acceptors (Lipinski definition) is 5. The minimum atomic E-state index is 0.437. The monoisotopic (exact) mass is 459 g/mol. The first-order chi connectivity index (χ1) is 16.1. The zero-order valence-corrected chi connectivity index (χ0v) is 21.3. The van der Waals surface area contributed by atoms with E-state index in [-0.39, 0.29) is 0 Å². The highest BCUT2D eigenvalue weighted by molar-refractivity contribution is 5.67. The second-order valence-electron chi connectivity index (χ2n) is 8.68. The van der Waals surface area contributed by atoms with Crippen molar-refractivity contribution in [2.24, 2.45) is 5.73 Å². The van der Waals surface area contributed by atoms with Gasteiger partial charge in [-0.05, 0) is 51.2 Å². The molecule has 5 nitrogen and oxygen atoms in total. The molecule has 34 heavy (non-hydrogen) atoms. The lowest BCUT2D eigenvalue weighted by molar-refractivity contribution is 0.341. The lowest BCUT2D eigenvalue weighted by atomic mass is 9.90. The van der Waals surface area contributed by atoms with Gasteiger partial charge in [0.25, 0.3) is 0 Å². The third-order valence-electron chi connectivity index (χ3n) is 5.60. The molecule has 4 N–H and O–H groups in total. The van der Waals surface area contributed by atoms with Crippen molar-refractivity contribution in [1.82, 2.24) is 15.5 Å². The van der Waals surface area contributed by atoms with Crippen LogP contribution < -0.4 is 16.4 Å². The van der Waals surface area contributed by atoms with E-state index in [9.17, 15) is 0 Å². The molecule has 1 aromatic rings. The molecular weight excluding hydrogens is 418 g/mol. The van der Waals surface area contributed by atoms with Crippen LogP contribution in [0.25, 0.3) is 5.70 Å². The Balaban J connectivity index is 0.000000385. The number of nitrogens with zero attached hydrogens (tertiary/aromatic N) is 2. The number of benzene rings is 1. The summed E-state index contributed by atoms with van der Waals surface area (Å²) in [6, 6.07) is 10.8. The van der Waals surface area contributed by atoms with Crippen molar-refractivity contribution >= 4 is 5.70 Å². The van der Waals surface area contributed by atoms with Gasteiger partial charge in [-0.2, -0.15) is 5.26 Å². The molecule has 1 aliphatic rings. The van der Waals surface area contributed by atoms with Gasteiger partial charge in [0, 0.05) is 48.7 Å². The third-order valence-corrected chi connectivity index (χ3v) is 5.60. The van der Waals surface area contributed by atoms with Crippen molar-refractivity contribution in [3.63, 3.8) is 0 Å². The molecule has 1 aromatic carbocycles. The fraction of sp³-hybridized carbons (Fsp3) is 0.345. The van der Waals surface area contributed by atoms with Gasteiger partial charge in [-0.1, -0.05) is 62.7 Å². The van der Waals surface area contributed by atoms with E-state index in [2.05, 4.69) is 43.0 Å². The summed E-state index contributed by atoms with van der Waals surface area (Å²) in [7, 11) is 3.78. The van der Waals surface area contributed by atoms with Crippen LogP contribution >= 0.6 is 0 Å². The Morgan fingerprint density at radius 1 is 1.09 bits per heavy atom. The molecule has 0 spiro atoms. The second kappa shape index (κ2) is 14.5. The Kier molecular flexibility index (Phi) is 12.1. The topological polar surface area (TPSA) is 77.1 Å². The molecule has 0 unspecified atom stereocenters. The average Bonchev–Trinajstić information content (AvgIpc) is 2.81. The zero-order chi connectivity index (χ0) is 25.7. The smallest absolute Gasteiger partial charge is 0.106 e. The molecule has 0 heterocycles. The number of nitrogens with two attached hydrogens (primary N) is 1. The summed E-state index contributed by atoms with van der Waals surface area (Å²) in [5.74, 6) is 0.679. The Labute approximate surface area is 206 Å². The van der Waals surface area contributed by atoms with Gasteiger partial charge < -0.3 is 21.3 Å². The molecule has 0 aliphatic heterocycles. The molecule has 0 amide bonds. The largest absolute Gasteiger partial charge is 0.386 e. The summed E-state index contributed by atoms with van der Waals surface area (Å²) in [5, 5.41) is 16.1. The van der Waals surface area contributed by atoms with Gasteiger partial charge >= 0.3 is 0 Å². The summed E-state index contributed by atoms with van der Waals surface area (Å²) in [4.78, 5) is 1.84. The molecule has 1 aliphatic carbocycles. The first kappa shape index (κ1) is 28.4. The lowest BCUT2D eigenvalue weighted by Crippen LogP contribution is -2.38. The molecule has 0 saturated heterocycles. The molecule has 2 rings (SSSR count). The standard InChI is InChI=1S/C18H23N3.C11H18N2/c1-13(2)20-16-8-10-17(11-9-16)21-14(3)18-7-5-4-6-15(18)12-19;1-6-8-9(3)10(7-2)11(12)13(4)5/h4-7,16-17,20-21H,1,3,8-11H2,2H3;6-8H,2-3,12H2,1,4-5H3/b;8-6-,11-10+. The van der Waals surface area contributed by atoms with Crippen LogP contribution in [-0.2, 0) is 0 Å². The average molecular weight is 460 g/mol. The van der Waals surface area contributed by atoms with E-state index >= 15 is 0 Å². The molecule has 0 atom stereocenters. The normalized spacial score (nSPS) is 17.9. The third kappa shape index (κ3) is 9.07. The molecule has 0 aromatic heterocycles. The van der Waals surface area contributed by atoms with Gasteiger partial charge in [0.05, 0.1) is 11.6 Å². The summed E-state index contributed by atoms with van der Waals surface area (Å²) in [5.41, 5.74) is 11.1. The Morgan fingerprint density at radius 2 is 1.65 bits per heavy atom. The van der Waals surface area contributed by atoms with Crippen molar-refractivity contribution in [2.45, 2.75) is 51.6 Å². The van der Waals surface area contributed by atoms with Gasteiger partial charge in [-0.3, -0.25) is 0 Å². The van der Waals surface area contributed by atoms with Crippen LogP contribution in [0.2, 0.25) is 0 Å². The maximum absolute atomic E-state index is 9.16. The molecule has 1 fully saturated rings. The van der Waals surface area contributed by atoms with E-state index in [1.165, 1.54) is 0 Å². The summed E-state index contributed by atoms with van der Waals surface area (Å²) in [6.07, 6.45) is 10.0. The van der Waals surface area contributed by atoms with Gasteiger partial charge in [0.2, 0.25) is 0 Å². The summed E-state index contributed by atoms with van der Waals surface area (Å²) in [6.45, 7) is 19.6. The van der Waals surface area contributed by atoms with E-state index in [0.29, 0.717) is 23.5 Å². The van der Waals surface area contributed by atoms with Gasteiger partial charge in [0.15, 0.2) is 0 Å². The van der Waals surface area contributed by atoms with Crippen LogP contribution in [0.4, 0.5) is 0 Å². The first-order valence-corrected chi connectivity index (χ1v) is 11.6. The molecule has 182 valence electrons. The predicted octanol–water partition coefficient (Wildman–Crippen LogP) is 5.59. The van der Waals surface area contributed by atoms with E-state index in [1.807, 2.05) is 69.3 Å². The van der Waals surface area contributed by atoms with Crippen LogP contribution in [0.3, 0.4) is 0 Å². The van der Waals surface area contributed by atoms with Crippen LogP contribution in [0.5, 0.6) is 0 Å². The maximum Gasteiger partial charge on any atom is 0.106 e. The lowest BCUT2D eigenvalue weighted by Gasteiger charge is -2.31. The van der Waals surface area contributed by atoms with Gasteiger partial charge in [-0.15, -0.1) is 0 Å². The highest BCUT2D eigenvalue weighted by atomic mass is 15.1. The van der Waals surface area contributed by atoms with E-state index < -0.39 is 0 Å². The Bertz CT molecular complexity index is 966. The van der Waals surface area contributed by atoms with Crippen molar-refractivity contribution in [3.8, 4) is 6.07 Å². The highest BCUT2D eigenvalue weighted by Crippen LogP contribution is 2.23. The van der Waals surface area contributed by atoms with E-state index in [1.54, 1.807) is 6.08 Å². The molecule has 5 heteroatoms. The van der Waals surface area contributed by atoms with Crippen molar-refractivity contribution in [2.75, 3.05) is 14.1 Å². The maximum atomic E-state index is 9.16. The van der Waals surface area contributed by atoms with Crippen LogP contribution in [0, 0.1) is 11.3 Å². The SMILES string of the molecule is C=C(C)NC1CCC(NC(=C)c2ccccc2C#N)CC1.C=C/C(C(=C)/C=C\C)=C(/N)N(C)C. The minimum Gasteiger partial charge on any atom is -0.386 e. The molecule has 0 radical (unpaired) electrons. The molecular formula is C29H41N5. The molecule has 1 saturated carbocycles. The predicted molar refractivity (Wildman–Crippen MR) is 146 cm³/mol. The highest BCUT2D eigenvalue weighted by Gasteiger charge is 2.21. The number of allylic oxidation sites excluding steroid dienone is 6. The number of nitriles is 1. The summed E-state index contributed by atoms with van der Waals surface area (Å²) >= 11 is 0. The van der Waals surface area contributed by atoms with E-state index in [4.69, 9.17) is 11.0 Å². The number of rotatable bonds is 9.